The van der Waals surface area contributed by atoms with Crippen molar-refractivity contribution in [2.75, 3.05) is 0 Å². The van der Waals surface area contributed by atoms with Crippen LogP contribution in [0.1, 0.15) is 37.2 Å². The van der Waals surface area contributed by atoms with Crippen molar-refractivity contribution in [3.63, 3.8) is 0 Å². The molecule has 0 bridgehead atoms. The second-order valence-electron chi connectivity index (χ2n) is 3.68. The van der Waals surface area contributed by atoms with Gasteiger partial charge in [-0.3, -0.25) is 0 Å². The highest BCUT2D eigenvalue weighted by molar-refractivity contribution is 6.30. The summed E-state index contributed by atoms with van der Waals surface area (Å²) in [5.41, 5.74) is 0.270. The van der Waals surface area contributed by atoms with Gasteiger partial charge in [-0.25, -0.2) is 4.79 Å². The van der Waals surface area contributed by atoms with Crippen molar-refractivity contribution >= 4 is 17.6 Å². The fourth-order valence-corrected chi connectivity index (χ4v) is 1.85. The SMILES string of the molecule is CCC(CC)Cn1cc(Cl)cc1C(=O)O. The van der Waals surface area contributed by atoms with Crippen molar-refractivity contribution in [2.24, 2.45) is 5.92 Å². The lowest BCUT2D eigenvalue weighted by Gasteiger charge is -2.14. The van der Waals surface area contributed by atoms with Gasteiger partial charge in [0.25, 0.3) is 0 Å². The molecule has 0 radical (unpaired) electrons. The number of carboxylic acids is 1. The monoisotopic (exact) mass is 229 g/mol. The molecule has 0 unspecified atom stereocenters. The average molecular weight is 230 g/mol. The van der Waals surface area contributed by atoms with E-state index in [1.165, 1.54) is 6.07 Å². The molecule has 3 nitrogen and oxygen atoms in total. The van der Waals surface area contributed by atoms with Crippen molar-refractivity contribution in [3.05, 3.63) is 23.0 Å². The number of nitrogens with zero attached hydrogens (tertiary/aromatic N) is 1. The number of carbonyl (C=O) groups is 1. The molecule has 0 aliphatic heterocycles. The average Bonchev–Trinajstić information content (AvgIpc) is 2.56. The molecule has 0 aliphatic rings. The summed E-state index contributed by atoms with van der Waals surface area (Å²) in [6.07, 6.45) is 3.78. The molecule has 0 saturated carbocycles. The van der Waals surface area contributed by atoms with Gasteiger partial charge >= 0.3 is 5.97 Å². The van der Waals surface area contributed by atoms with Gasteiger partial charge in [0.1, 0.15) is 5.69 Å². The first-order chi connectivity index (χ1) is 7.08. The Morgan fingerprint density at radius 1 is 1.53 bits per heavy atom. The predicted molar refractivity (Wildman–Crippen MR) is 60.5 cm³/mol. The molecule has 1 aromatic heterocycles. The maximum Gasteiger partial charge on any atom is 0.352 e. The number of aromatic nitrogens is 1. The summed E-state index contributed by atoms with van der Waals surface area (Å²) in [4.78, 5) is 10.9. The molecular formula is C11H16ClNO2. The molecule has 1 aromatic rings. The summed E-state index contributed by atoms with van der Waals surface area (Å²) in [5.74, 6) is -0.417. The lowest BCUT2D eigenvalue weighted by atomic mass is 10.0. The number of carboxylic acid groups (broad SMARTS) is 1. The van der Waals surface area contributed by atoms with E-state index < -0.39 is 5.97 Å². The van der Waals surface area contributed by atoms with Crippen LogP contribution in [0.25, 0.3) is 0 Å². The first-order valence-electron chi connectivity index (χ1n) is 5.17. The fourth-order valence-electron chi connectivity index (χ4n) is 1.63. The Balaban J connectivity index is 2.88. The first kappa shape index (κ1) is 12.1. The Labute approximate surface area is 94.7 Å². The van der Waals surface area contributed by atoms with Gasteiger partial charge in [0.15, 0.2) is 0 Å². The van der Waals surface area contributed by atoms with Crippen LogP contribution >= 0.6 is 11.6 Å². The van der Waals surface area contributed by atoms with Gasteiger partial charge in [-0.05, 0) is 12.0 Å². The van der Waals surface area contributed by atoms with E-state index in [1.807, 2.05) is 0 Å². The molecule has 4 heteroatoms. The van der Waals surface area contributed by atoms with E-state index in [0.717, 1.165) is 19.4 Å². The zero-order valence-corrected chi connectivity index (χ0v) is 9.79. The Kier molecular flexibility index (Phi) is 4.21. The van der Waals surface area contributed by atoms with Crippen LogP contribution in [0.15, 0.2) is 12.3 Å². The second kappa shape index (κ2) is 5.21. The minimum atomic E-state index is -0.923. The zero-order valence-electron chi connectivity index (χ0n) is 9.03. The number of hydrogen-bond acceptors (Lipinski definition) is 1. The maximum absolute atomic E-state index is 10.9. The molecule has 0 spiro atoms. The molecule has 0 atom stereocenters. The minimum Gasteiger partial charge on any atom is -0.477 e. The van der Waals surface area contributed by atoms with E-state index in [0.29, 0.717) is 10.9 Å². The van der Waals surface area contributed by atoms with Crippen LogP contribution in [0.2, 0.25) is 5.02 Å². The topological polar surface area (TPSA) is 42.2 Å². The summed E-state index contributed by atoms with van der Waals surface area (Å²) in [6.45, 7) is 4.95. The lowest BCUT2D eigenvalue weighted by molar-refractivity contribution is 0.0683. The molecule has 1 heterocycles. The van der Waals surface area contributed by atoms with Gasteiger partial charge in [0.05, 0.1) is 5.02 Å². The third-order valence-corrected chi connectivity index (χ3v) is 2.90. The molecule has 0 amide bonds. The molecular weight excluding hydrogens is 214 g/mol. The molecule has 84 valence electrons. The molecule has 15 heavy (non-hydrogen) atoms. The van der Waals surface area contributed by atoms with Gasteiger partial charge < -0.3 is 9.67 Å². The van der Waals surface area contributed by atoms with Crippen molar-refractivity contribution in [1.29, 1.82) is 0 Å². The predicted octanol–water partition coefficient (Wildman–Crippen LogP) is 3.28. The quantitative estimate of drug-likeness (QED) is 0.842. The highest BCUT2D eigenvalue weighted by atomic mass is 35.5. The summed E-state index contributed by atoms with van der Waals surface area (Å²) in [6, 6.07) is 1.49. The van der Waals surface area contributed by atoms with Gasteiger partial charge in [0.2, 0.25) is 0 Å². The van der Waals surface area contributed by atoms with Crippen LogP contribution in [0, 0.1) is 5.92 Å². The van der Waals surface area contributed by atoms with Crippen LogP contribution in [0.3, 0.4) is 0 Å². The van der Waals surface area contributed by atoms with E-state index in [1.54, 1.807) is 10.8 Å². The molecule has 1 N–H and O–H groups in total. The van der Waals surface area contributed by atoms with E-state index in [2.05, 4.69) is 13.8 Å². The Bertz CT molecular complexity index is 342. The highest BCUT2D eigenvalue weighted by Crippen LogP contribution is 2.18. The van der Waals surface area contributed by atoms with E-state index >= 15 is 0 Å². The number of halogens is 1. The summed E-state index contributed by atoms with van der Waals surface area (Å²) >= 11 is 5.80. The zero-order chi connectivity index (χ0) is 11.4. The summed E-state index contributed by atoms with van der Waals surface area (Å²) in [5, 5.41) is 9.44. The van der Waals surface area contributed by atoms with Crippen molar-refractivity contribution in [1.82, 2.24) is 4.57 Å². The van der Waals surface area contributed by atoms with Crippen LogP contribution in [-0.2, 0) is 6.54 Å². The maximum atomic E-state index is 10.9. The van der Waals surface area contributed by atoms with E-state index in [9.17, 15) is 4.79 Å². The van der Waals surface area contributed by atoms with E-state index in [-0.39, 0.29) is 5.69 Å². The fraction of sp³-hybridized carbons (Fsp3) is 0.545. The Morgan fingerprint density at radius 2 is 2.13 bits per heavy atom. The summed E-state index contributed by atoms with van der Waals surface area (Å²) < 4.78 is 1.72. The highest BCUT2D eigenvalue weighted by Gasteiger charge is 2.14. The third kappa shape index (κ3) is 2.99. The molecule has 0 saturated heterocycles. The number of hydrogen-bond donors (Lipinski definition) is 1. The first-order valence-corrected chi connectivity index (χ1v) is 5.55. The smallest absolute Gasteiger partial charge is 0.352 e. The van der Waals surface area contributed by atoms with Gasteiger partial charge in [-0.2, -0.15) is 0 Å². The van der Waals surface area contributed by atoms with Gasteiger partial charge in [-0.15, -0.1) is 0 Å². The van der Waals surface area contributed by atoms with Gasteiger partial charge in [0, 0.05) is 12.7 Å². The lowest BCUT2D eigenvalue weighted by Crippen LogP contribution is -2.13. The summed E-state index contributed by atoms with van der Waals surface area (Å²) in [7, 11) is 0. The standard InChI is InChI=1S/C11H16ClNO2/c1-3-8(4-2)6-13-7-9(12)5-10(13)11(14)15/h5,7-8H,3-4,6H2,1-2H3,(H,14,15). The van der Waals surface area contributed by atoms with Crippen molar-refractivity contribution in [2.45, 2.75) is 33.2 Å². The molecule has 1 rings (SSSR count). The van der Waals surface area contributed by atoms with Crippen LogP contribution in [-0.4, -0.2) is 15.6 Å². The van der Waals surface area contributed by atoms with Crippen molar-refractivity contribution in [3.8, 4) is 0 Å². The number of aromatic carboxylic acids is 1. The third-order valence-electron chi connectivity index (χ3n) is 2.69. The van der Waals surface area contributed by atoms with Crippen LogP contribution in [0.5, 0.6) is 0 Å². The Hall–Kier alpha value is -0.960. The Morgan fingerprint density at radius 3 is 2.60 bits per heavy atom. The largest absolute Gasteiger partial charge is 0.477 e. The minimum absolute atomic E-state index is 0.270. The number of rotatable bonds is 5. The second-order valence-corrected chi connectivity index (χ2v) is 4.12. The van der Waals surface area contributed by atoms with E-state index in [4.69, 9.17) is 16.7 Å². The normalized spacial score (nSPS) is 10.9. The van der Waals surface area contributed by atoms with Gasteiger partial charge in [-0.1, -0.05) is 38.3 Å². The van der Waals surface area contributed by atoms with Crippen LogP contribution < -0.4 is 0 Å². The molecule has 0 aromatic carbocycles. The van der Waals surface area contributed by atoms with Crippen LogP contribution in [0.4, 0.5) is 0 Å². The molecule has 0 fully saturated rings. The molecule has 0 aliphatic carbocycles. The van der Waals surface area contributed by atoms with Crippen molar-refractivity contribution < 1.29 is 9.90 Å².